The normalized spacial score (nSPS) is 16.2. The van der Waals surface area contributed by atoms with Gasteiger partial charge in [-0.15, -0.1) is 0 Å². The number of benzene rings is 1. The number of nitrogens with two attached hydrogens (primary N) is 1. The lowest BCUT2D eigenvalue weighted by Gasteiger charge is -2.20. The van der Waals surface area contributed by atoms with Gasteiger partial charge in [-0.1, -0.05) is 17.7 Å². The number of rotatable bonds is 7. The molecule has 106 valence electrons. The molecule has 2 rings (SSSR count). The minimum atomic E-state index is 0.0490. The van der Waals surface area contributed by atoms with Gasteiger partial charge in [0.15, 0.2) is 11.5 Å². The first kappa shape index (κ1) is 14.4. The van der Waals surface area contributed by atoms with Gasteiger partial charge in [-0.2, -0.15) is 0 Å². The van der Waals surface area contributed by atoms with E-state index in [-0.39, 0.29) is 6.04 Å². The molecule has 0 saturated heterocycles. The van der Waals surface area contributed by atoms with E-state index in [4.69, 9.17) is 26.8 Å². The lowest BCUT2D eigenvalue weighted by atomic mass is 10.1. The van der Waals surface area contributed by atoms with Gasteiger partial charge >= 0.3 is 0 Å². The molecule has 0 spiro atoms. The summed E-state index contributed by atoms with van der Waals surface area (Å²) in [6, 6.07) is 3.86. The lowest BCUT2D eigenvalue weighted by molar-refractivity contribution is 0.354. The highest BCUT2D eigenvalue weighted by Crippen LogP contribution is 2.39. The summed E-state index contributed by atoms with van der Waals surface area (Å²) in [5.41, 5.74) is 6.81. The average molecular weight is 285 g/mol. The van der Waals surface area contributed by atoms with Crippen LogP contribution in [-0.4, -0.2) is 27.3 Å². The molecule has 1 atom stereocenters. The van der Waals surface area contributed by atoms with Gasteiger partial charge in [-0.3, -0.25) is 0 Å². The summed E-state index contributed by atoms with van der Waals surface area (Å²) in [4.78, 5) is 0. The fraction of sp³-hybridized carbons (Fsp3) is 0.571. The maximum absolute atomic E-state index is 6.40. The summed E-state index contributed by atoms with van der Waals surface area (Å²) < 4.78 is 10.5. The van der Waals surface area contributed by atoms with Gasteiger partial charge in [-0.05, 0) is 36.9 Å². The molecule has 5 heteroatoms. The zero-order chi connectivity index (χ0) is 13.8. The van der Waals surface area contributed by atoms with Crippen LogP contribution in [0.3, 0.4) is 0 Å². The van der Waals surface area contributed by atoms with Gasteiger partial charge in [0.25, 0.3) is 0 Å². The molecule has 0 aliphatic heterocycles. The van der Waals surface area contributed by atoms with Gasteiger partial charge in [0.2, 0.25) is 0 Å². The van der Waals surface area contributed by atoms with Crippen LogP contribution in [0.2, 0.25) is 5.02 Å². The molecular weight excluding hydrogens is 264 g/mol. The summed E-state index contributed by atoms with van der Waals surface area (Å²) >= 11 is 6.40. The van der Waals surface area contributed by atoms with Crippen molar-refractivity contribution in [1.29, 1.82) is 0 Å². The van der Waals surface area contributed by atoms with E-state index in [0.29, 0.717) is 23.1 Å². The number of halogens is 1. The van der Waals surface area contributed by atoms with E-state index in [1.165, 1.54) is 12.8 Å². The fourth-order valence-electron chi connectivity index (χ4n) is 2.12. The maximum Gasteiger partial charge on any atom is 0.179 e. The largest absolute Gasteiger partial charge is 0.493 e. The van der Waals surface area contributed by atoms with Gasteiger partial charge in [-0.25, -0.2) is 0 Å². The van der Waals surface area contributed by atoms with Crippen LogP contribution in [0.15, 0.2) is 12.1 Å². The van der Waals surface area contributed by atoms with Crippen molar-refractivity contribution in [2.75, 3.05) is 27.3 Å². The molecule has 1 saturated carbocycles. The van der Waals surface area contributed by atoms with Crippen molar-refractivity contribution in [2.24, 2.45) is 11.7 Å². The van der Waals surface area contributed by atoms with Crippen molar-refractivity contribution in [1.82, 2.24) is 5.32 Å². The smallest absolute Gasteiger partial charge is 0.179 e. The first-order valence-corrected chi connectivity index (χ1v) is 6.92. The summed E-state index contributed by atoms with van der Waals surface area (Å²) in [5.74, 6) is 2.00. The third-order valence-corrected chi connectivity index (χ3v) is 3.87. The van der Waals surface area contributed by atoms with Crippen molar-refractivity contribution in [3.8, 4) is 11.5 Å². The average Bonchev–Trinajstić information content (AvgIpc) is 3.24. The molecule has 1 aromatic rings. The van der Waals surface area contributed by atoms with Crippen LogP contribution in [0.25, 0.3) is 0 Å². The highest BCUT2D eigenvalue weighted by Gasteiger charge is 2.24. The van der Waals surface area contributed by atoms with E-state index < -0.39 is 0 Å². The first-order valence-electron chi connectivity index (χ1n) is 6.55. The Kier molecular flexibility index (Phi) is 4.91. The Bertz CT molecular complexity index is 436. The van der Waals surface area contributed by atoms with Crippen LogP contribution in [0, 0.1) is 5.92 Å². The van der Waals surface area contributed by atoms with Crippen LogP contribution in [0.5, 0.6) is 11.5 Å². The van der Waals surface area contributed by atoms with Crippen molar-refractivity contribution in [2.45, 2.75) is 18.9 Å². The molecule has 0 radical (unpaired) electrons. The Morgan fingerprint density at radius 1 is 1.37 bits per heavy atom. The molecule has 1 aliphatic rings. The van der Waals surface area contributed by atoms with Crippen molar-refractivity contribution in [3.05, 3.63) is 22.7 Å². The minimum absolute atomic E-state index is 0.0490. The third-order valence-electron chi connectivity index (χ3n) is 3.48. The molecule has 1 aromatic carbocycles. The number of ether oxygens (including phenoxy) is 2. The van der Waals surface area contributed by atoms with Gasteiger partial charge in [0.1, 0.15) is 0 Å². The second kappa shape index (κ2) is 6.46. The summed E-state index contributed by atoms with van der Waals surface area (Å²) in [6.07, 6.45) is 2.62. The van der Waals surface area contributed by atoms with Gasteiger partial charge in [0, 0.05) is 12.6 Å². The number of hydrogen-bond donors (Lipinski definition) is 2. The Morgan fingerprint density at radius 2 is 2.11 bits per heavy atom. The molecule has 0 amide bonds. The molecular formula is C14H21ClN2O2. The predicted octanol–water partition coefficient (Wildman–Crippen LogP) is 2.36. The molecule has 3 N–H and O–H groups in total. The van der Waals surface area contributed by atoms with Crippen LogP contribution >= 0.6 is 11.6 Å². The van der Waals surface area contributed by atoms with E-state index in [2.05, 4.69) is 5.32 Å². The van der Waals surface area contributed by atoms with Gasteiger partial charge in [0.05, 0.1) is 19.2 Å². The molecule has 1 unspecified atom stereocenters. The summed E-state index contributed by atoms with van der Waals surface area (Å²) in [7, 11) is 3.18. The van der Waals surface area contributed by atoms with Crippen LogP contribution in [0.1, 0.15) is 24.4 Å². The zero-order valence-corrected chi connectivity index (χ0v) is 12.2. The number of nitrogens with one attached hydrogen (secondary N) is 1. The molecule has 1 aliphatic carbocycles. The van der Waals surface area contributed by atoms with E-state index in [0.717, 1.165) is 18.0 Å². The van der Waals surface area contributed by atoms with Gasteiger partial charge < -0.3 is 20.5 Å². The quantitative estimate of drug-likeness (QED) is 0.807. The molecule has 0 heterocycles. The number of hydrogen-bond acceptors (Lipinski definition) is 4. The predicted molar refractivity (Wildman–Crippen MR) is 77.1 cm³/mol. The molecule has 1 fully saturated rings. The second-order valence-electron chi connectivity index (χ2n) is 4.84. The van der Waals surface area contributed by atoms with Crippen LogP contribution in [0.4, 0.5) is 0 Å². The topological polar surface area (TPSA) is 56.5 Å². The van der Waals surface area contributed by atoms with Crippen LogP contribution in [-0.2, 0) is 0 Å². The SMILES string of the molecule is COc1ccc(C(CN)NCC2CC2)c(Cl)c1OC. The van der Waals surface area contributed by atoms with E-state index in [9.17, 15) is 0 Å². The van der Waals surface area contributed by atoms with Crippen molar-refractivity contribution in [3.63, 3.8) is 0 Å². The van der Waals surface area contributed by atoms with Crippen molar-refractivity contribution < 1.29 is 9.47 Å². The maximum atomic E-state index is 6.40. The lowest BCUT2D eigenvalue weighted by Crippen LogP contribution is -2.30. The molecule has 19 heavy (non-hydrogen) atoms. The van der Waals surface area contributed by atoms with Crippen molar-refractivity contribution >= 4 is 11.6 Å². The first-order chi connectivity index (χ1) is 9.21. The highest BCUT2D eigenvalue weighted by atomic mass is 35.5. The van der Waals surface area contributed by atoms with E-state index in [1.807, 2.05) is 12.1 Å². The Morgan fingerprint density at radius 3 is 2.63 bits per heavy atom. The Hall–Kier alpha value is -0.970. The van der Waals surface area contributed by atoms with E-state index in [1.54, 1.807) is 14.2 Å². The third kappa shape index (κ3) is 3.32. The Labute approximate surface area is 119 Å². The minimum Gasteiger partial charge on any atom is -0.493 e. The zero-order valence-electron chi connectivity index (χ0n) is 11.4. The monoisotopic (exact) mass is 284 g/mol. The molecule has 4 nitrogen and oxygen atoms in total. The summed E-state index contributed by atoms with van der Waals surface area (Å²) in [5, 5.41) is 4.04. The van der Waals surface area contributed by atoms with Crippen LogP contribution < -0.4 is 20.5 Å². The summed E-state index contributed by atoms with van der Waals surface area (Å²) in [6.45, 7) is 1.49. The number of methoxy groups -OCH3 is 2. The second-order valence-corrected chi connectivity index (χ2v) is 5.22. The van der Waals surface area contributed by atoms with E-state index >= 15 is 0 Å². The molecule has 0 aromatic heterocycles. The Balaban J connectivity index is 2.20. The standard InChI is InChI=1S/C14H21ClN2O2/c1-18-12-6-5-10(13(15)14(12)19-2)11(7-16)17-8-9-3-4-9/h5-6,9,11,17H,3-4,7-8,16H2,1-2H3. The highest BCUT2D eigenvalue weighted by molar-refractivity contribution is 6.33. The molecule has 0 bridgehead atoms. The fourth-order valence-corrected chi connectivity index (χ4v) is 2.49.